The summed E-state index contributed by atoms with van der Waals surface area (Å²) >= 11 is 0. The highest BCUT2D eigenvalue weighted by atomic mass is 19.1. The second-order valence-corrected chi connectivity index (χ2v) is 9.53. The monoisotopic (exact) mass is 474 g/mol. The third-order valence-electron chi connectivity index (χ3n) is 7.16. The van der Waals surface area contributed by atoms with E-state index in [-0.39, 0.29) is 23.0 Å². The number of anilines is 2. The van der Waals surface area contributed by atoms with Gasteiger partial charge in [0.05, 0.1) is 4.92 Å². The van der Waals surface area contributed by atoms with Crippen LogP contribution in [0.2, 0.25) is 0 Å². The molecule has 1 spiro atoms. The van der Waals surface area contributed by atoms with E-state index >= 15 is 0 Å². The summed E-state index contributed by atoms with van der Waals surface area (Å²) in [4.78, 5) is 27.8. The van der Waals surface area contributed by atoms with Gasteiger partial charge in [-0.2, -0.15) is 0 Å². The maximum Gasteiger partial charge on any atom is 0.326 e. The van der Waals surface area contributed by atoms with Gasteiger partial charge in [0, 0.05) is 42.0 Å². The van der Waals surface area contributed by atoms with Crippen LogP contribution in [0.1, 0.15) is 29.5 Å². The van der Waals surface area contributed by atoms with Crippen molar-refractivity contribution >= 4 is 23.1 Å². The van der Waals surface area contributed by atoms with Crippen molar-refractivity contribution in [1.29, 1.82) is 0 Å². The Morgan fingerprint density at radius 2 is 1.83 bits per heavy atom. The van der Waals surface area contributed by atoms with E-state index in [2.05, 4.69) is 10.2 Å². The number of halogens is 1. The molecule has 0 aromatic heterocycles. The molecule has 35 heavy (non-hydrogen) atoms. The smallest absolute Gasteiger partial charge is 0.308 e. The number of nitro benzene ring substituents is 1. The molecular weight excluding hydrogens is 447 g/mol. The maximum absolute atomic E-state index is 14.3. The Balaban J connectivity index is 1.31. The Morgan fingerprint density at radius 3 is 2.51 bits per heavy atom. The number of likely N-dealkylation sites (tertiary alicyclic amines) is 1. The normalized spacial score (nSPS) is 16.8. The van der Waals surface area contributed by atoms with Gasteiger partial charge in [0.15, 0.2) is 0 Å². The Kier molecular flexibility index (Phi) is 5.98. The first kappa shape index (κ1) is 23.0. The number of nitrogens with one attached hydrogen (secondary N) is 1. The van der Waals surface area contributed by atoms with E-state index in [9.17, 15) is 19.3 Å². The molecule has 0 saturated carbocycles. The molecule has 3 aromatic carbocycles. The lowest BCUT2D eigenvalue weighted by Crippen LogP contribution is -2.46. The first-order valence-electron chi connectivity index (χ1n) is 11.7. The van der Waals surface area contributed by atoms with Crippen LogP contribution in [0, 0.1) is 22.9 Å². The van der Waals surface area contributed by atoms with Crippen LogP contribution < -0.4 is 10.2 Å². The fourth-order valence-corrected chi connectivity index (χ4v) is 5.28. The third kappa shape index (κ3) is 4.61. The molecule has 180 valence electrons. The molecule has 1 N–H and O–H groups in total. The maximum atomic E-state index is 14.3. The molecule has 0 bridgehead atoms. The molecule has 1 fully saturated rings. The summed E-state index contributed by atoms with van der Waals surface area (Å²) in [6.07, 6.45) is 1.59. The molecule has 8 heteroatoms. The molecule has 2 aliphatic heterocycles. The molecule has 0 atom stereocenters. The van der Waals surface area contributed by atoms with E-state index in [0.29, 0.717) is 13.1 Å². The first-order valence-corrected chi connectivity index (χ1v) is 11.7. The molecular formula is C27H27FN4O3. The predicted molar refractivity (Wildman–Crippen MR) is 133 cm³/mol. The third-order valence-corrected chi connectivity index (χ3v) is 7.16. The lowest BCUT2D eigenvalue weighted by Gasteiger charge is -2.40. The van der Waals surface area contributed by atoms with Gasteiger partial charge in [-0.1, -0.05) is 24.3 Å². The van der Waals surface area contributed by atoms with Crippen LogP contribution in [-0.4, -0.2) is 35.5 Å². The van der Waals surface area contributed by atoms with Crippen LogP contribution >= 0.6 is 0 Å². The number of rotatable bonds is 4. The van der Waals surface area contributed by atoms with Gasteiger partial charge in [0.2, 0.25) is 0 Å². The van der Waals surface area contributed by atoms with E-state index in [4.69, 9.17) is 0 Å². The summed E-state index contributed by atoms with van der Waals surface area (Å²) in [7, 11) is 0. The van der Waals surface area contributed by atoms with Gasteiger partial charge in [0.25, 0.3) is 5.69 Å². The van der Waals surface area contributed by atoms with Gasteiger partial charge in [-0.05, 0) is 79.9 Å². The lowest BCUT2D eigenvalue weighted by molar-refractivity contribution is -0.384. The summed E-state index contributed by atoms with van der Waals surface area (Å²) in [5.41, 5.74) is 4.25. The summed E-state index contributed by atoms with van der Waals surface area (Å²) in [5.74, 6) is -0.294. The average Bonchev–Trinajstić information content (AvgIpc) is 3.14. The zero-order valence-electron chi connectivity index (χ0n) is 19.5. The molecule has 0 radical (unpaired) electrons. The SMILES string of the molecule is Cc1cccc(NC(=O)N2CC3(CCN(Cc4ccc([N+](=O)[O-])cc4)CC3)c3cc(F)ccc32)c1. The van der Waals surface area contributed by atoms with Crippen LogP contribution in [-0.2, 0) is 12.0 Å². The lowest BCUT2D eigenvalue weighted by atomic mass is 9.74. The van der Waals surface area contributed by atoms with Crippen molar-refractivity contribution in [2.75, 3.05) is 29.9 Å². The number of piperidine rings is 1. The van der Waals surface area contributed by atoms with E-state index < -0.39 is 4.92 Å². The topological polar surface area (TPSA) is 78.7 Å². The number of urea groups is 1. The second-order valence-electron chi connectivity index (χ2n) is 9.53. The van der Waals surface area contributed by atoms with E-state index in [0.717, 1.165) is 54.0 Å². The quantitative estimate of drug-likeness (QED) is 0.393. The summed E-state index contributed by atoms with van der Waals surface area (Å²) in [5, 5.41) is 13.9. The Bertz CT molecular complexity index is 1270. The number of hydrogen-bond donors (Lipinski definition) is 1. The van der Waals surface area contributed by atoms with E-state index in [1.165, 1.54) is 18.2 Å². The molecule has 1 saturated heterocycles. The predicted octanol–water partition coefficient (Wildman–Crippen LogP) is 5.63. The molecule has 2 aliphatic rings. The van der Waals surface area contributed by atoms with E-state index in [1.54, 1.807) is 29.2 Å². The molecule has 7 nitrogen and oxygen atoms in total. The zero-order chi connectivity index (χ0) is 24.6. The van der Waals surface area contributed by atoms with Gasteiger partial charge < -0.3 is 5.32 Å². The van der Waals surface area contributed by atoms with Crippen molar-refractivity contribution in [2.45, 2.75) is 31.7 Å². The minimum Gasteiger partial charge on any atom is -0.308 e. The van der Waals surface area contributed by atoms with Crippen LogP contribution in [0.15, 0.2) is 66.7 Å². The van der Waals surface area contributed by atoms with Crippen molar-refractivity contribution in [3.8, 4) is 0 Å². The minimum atomic E-state index is -0.397. The highest BCUT2D eigenvalue weighted by Gasteiger charge is 2.46. The van der Waals surface area contributed by atoms with Gasteiger partial charge >= 0.3 is 6.03 Å². The van der Waals surface area contributed by atoms with Crippen molar-refractivity contribution in [2.24, 2.45) is 0 Å². The molecule has 5 rings (SSSR count). The number of benzene rings is 3. The minimum absolute atomic E-state index is 0.0833. The number of aryl methyl sites for hydroxylation is 1. The van der Waals surface area contributed by atoms with Crippen LogP contribution in [0.3, 0.4) is 0 Å². The number of hydrogen-bond acceptors (Lipinski definition) is 4. The molecule has 0 aliphatic carbocycles. The number of nitro groups is 1. The average molecular weight is 475 g/mol. The summed E-state index contributed by atoms with van der Waals surface area (Å²) < 4.78 is 14.3. The zero-order valence-corrected chi connectivity index (χ0v) is 19.5. The Labute approximate surface area is 203 Å². The second kappa shape index (κ2) is 9.11. The highest BCUT2D eigenvalue weighted by Crippen LogP contribution is 2.47. The Morgan fingerprint density at radius 1 is 1.09 bits per heavy atom. The number of non-ortho nitro benzene ring substituents is 1. The number of carbonyl (C=O) groups excluding carboxylic acids is 1. The Hall–Kier alpha value is -3.78. The van der Waals surface area contributed by atoms with Gasteiger partial charge in [-0.15, -0.1) is 0 Å². The summed E-state index contributed by atoms with van der Waals surface area (Å²) in [6.45, 7) is 4.76. The van der Waals surface area contributed by atoms with Gasteiger partial charge in [0.1, 0.15) is 5.82 Å². The molecule has 2 amide bonds. The highest BCUT2D eigenvalue weighted by molar-refractivity contribution is 6.03. The standard InChI is InChI=1S/C27H27FN4O3/c1-19-3-2-4-22(15-19)29-26(33)31-18-27(24-16-21(28)7-10-25(24)31)11-13-30(14-12-27)17-20-5-8-23(9-6-20)32(34)35/h2-10,15-16H,11-14,17-18H2,1H3,(H,29,33). The number of amides is 2. The van der Waals surface area contributed by atoms with Crippen LogP contribution in [0.25, 0.3) is 0 Å². The van der Waals surface area contributed by atoms with Crippen molar-refractivity contribution in [1.82, 2.24) is 4.90 Å². The largest absolute Gasteiger partial charge is 0.326 e. The van der Waals surface area contributed by atoms with Gasteiger partial charge in [-0.3, -0.25) is 19.9 Å². The summed E-state index contributed by atoms with van der Waals surface area (Å²) in [6, 6.07) is 18.8. The molecule has 3 aromatic rings. The number of carbonyl (C=O) groups is 1. The van der Waals surface area contributed by atoms with Crippen molar-refractivity contribution in [3.05, 3.63) is 99.4 Å². The number of nitrogens with zero attached hydrogens (tertiary/aromatic N) is 3. The van der Waals surface area contributed by atoms with Crippen LogP contribution in [0.5, 0.6) is 0 Å². The molecule has 0 unspecified atom stereocenters. The van der Waals surface area contributed by atoms with Crippen molar-refractivity contribution in [3.63, 3.8) is 0 Å². The van der Waals surface area contributed by atoms with Crippen molar-refractivity contribution < 1.29 is 14.1 Å². The van der Waals surface area contributed by atoms with Crippen LogP contribution in [0.4, 0.5) is 26.2 Å². The first-order chi connectivity index (χ1) is 16.8. The fraction of sp³-hybridized carbons (Fsp3) is 0.296. The fourth-order valence-electron chi connectivity index (χ4n) is 5.28. The number of fused-ring (bicyclic) bond motifs is 2. The van der Waals surface area contributed by atoms with Gasteiger partial charge in [-0.25, -0.2) is 9.18 Å². The molecule has 2 heterocycles. The van der Waals surface area contributed by atoms with E-state index in [1.807, 2.05) is 31.2 Å².